The summed E-state index contributed by atoms with van der Waals surface area (Å²) in [6.07, 6.45) is 16.2. The zero-order valence-electron chi connectivity index (χ0n) is 89.7. The minimum atomic E-state index is 0.0962. The number of imidazole rings is 5. The van der Waals surface area contributed by atoms with Crippen LogP contribution in [-0.4, -0.2) is 93.9 Å². The van der Waals surface area contributed by atoms with E-state index in [1.165, 1.54) is 76.3 Å². The summed E-state index contributed by atoms with van der Waals surface area (Å²) in [5.74, 6) is 4.37. The van der Waals surface area contributed by atoms with Crippen molar-refractivity contribution in [2.24, 2.45) is 19.5 Å². The number of fused-ring (bicyclic) bond motifs is 9. The molecule has 0 aliphatic carbocycles. The second-order valence-corrected chi connectivity index (χ2v) is 48.3. The van der Waals surface area contributed by atoms with E-state index >= 15 is 0 Å². The van der Waals surface area contributed by atoms with Crippen molar-refractivity contribution >= 4 is 109 Å². The molecule has 0 aliphatic rings. The van der Waals surface area contributed by atoms with Gasteiger partial charge in [0.2, 0.25) is 0 Å². The van der Waals surface area contributed by atoms with Crippen LogP contribution in [0.2, 0.25) is 0 Å². The number of hydrogen-bond acceptors (Lipinski definition) is 10. The number of nitrogens with zero attached hydrogens (tertiary/aromatic N) is 11. The number of thiazole rings is 1. The first-order valence-electron chi connectivity index (χ1n) is 48.2. The number of aromatic amines is 8. The molecule has 20 rings (SSSR count). The minimum Gasteiger partial charge on any atom is -0.358 e. The van der Waals surface area contributed by atoms with Crippen molar-refractivity contribution < 1.29 is 0 Å². The van der Waals surface area contributed by atoms with Crippen molar-refractivity contribution in [2.75, 3.05) is 0 Å². The largest absolute Gasteiger partial charge is 0.358 e. The number of rotatable bonds is 0. The van der Waals surface area contributed by atoms with Gasteiger partial charge in [0.05, 0.1) is 77.4 Å². The van der Waals surface area contributed by atoms with Crippen molar-refractivity contribution in [1.82, 2.24) is 93.9 Å². The predicted octanol–water partition coefficient (Wildman–Crippen LogP) is 31.9. The predicted molar refractivity (Wildman–Crippen MR) is 591 cm³/mol. The molecule has 0 saturated heterocycles. The molecule has 6 aromatic carbocycles. The highest BCUT2D eigenvalue weighted by Gasteiger charge is 2.26. The molecule has 0 unspecified atom stereocenters. The van der Waals surface area contributed by atoms with E-state index in [4.69, 9.17) is 0 Å². The fourth-order valence-electron chi connectivity index (χ4n) is 14.0. The van der Waals surface area contributed by atoms with Gasteiger partial charge >= 0.3 is 0 Å². The van der Waals surface area contributed by atoms with E-state index in [1.54, 1.807) is 30.1 Å². The van der Waals surface area contributed by atoms with Crippen LogP contribution in [-0.2, 0) is 68.2 Å². The number of nitrogens with one attached hydrogen (secondary N) is 8. The number of hydrogen-bond donors (Lipinski definition) is 8. The van der Waals surface area contributed by atoms with E-state index in [0.29, 0.717) is 5.41 Å². The molecule has 0 bridgehead atoms. The van der Waals surface area contributed by atoms with Gasteiger partial charge < -0.3 is 49.0 Å². The lowest BCUT2D eigenvalue weighted by Crippen LogP contribution is -2.17. The van der Waals surface area contributed by atoms with E-state index in [9.17, 15) is 0 Å². The first kappa shape index (κ1) is 109. The molecule has 14 heterocycles. The number of aromatic nitrogens is 19. The molecular weight excluding hydrogens is 1720 g/mol. The van der Waals surface area contributed by atoms with Gasteiger partial charge in [0.25, 0.3) is 0 Å². The van der Waals surface area contributed by atoms with Crippen LogP contribution >= 0.6 is 11.3 Å². The fraction of sp³-hybridized carbons (Fsp3) is 0.398. The quantitative estimate of drug-likeness (QED) is 0.0718. The molecule has 20 aromatic rings. The smallest absolute Gasteiger partial charge is 0.137 e. The molecule has 0 amide bonds. The topological polar surface area (TPSA) is 252 Å². The Morgan fingerprint density at radius 1 is 0.275 bits per heavy atom. The lowest BCUT2D eigenvalue weighted by Gasteiger charge is -2.17. The van der Waals surface area contributed by atoms with Crippen LogP contribution < -0.4 is 0 Å². The summed E-state index contributed by atoms with van der Waals surface area (Å²) < 4.78 is 5.52. The summed E-state index contributed by atoms with van der Waals surface area (Å²) >= 11 is 1.79. The average molecular weight is 1880 g/mol. The summed E-state index contributed by atoms with van der Waals surface area (Å²) in [5.41, 5.74) is 22.9. The van der Waals surface area contributed by atoms with Gasteiger partial charge in [0.1, 0.15) is 28.9 Å². The number of aryl methyl sites for hydroxylation is 2. The Labute approximate surface area is 825 Å². The second kappa shape index (κ2) is 45.2. The maximum atomic E-state index is 4.65. The number of H-pyrrole nitrogens is 8. The van der Waals surface area contributed by atoms with E-state index in [-0.39, 0.29) is 54.1 Å². The first-order chi connectivity index (χ1) is 64.1. The Morgan fingerprint density at radius 2 is 0.667 bits per heavy atom. The summed E-state index contributed by atoms with van der Waals surface area (Å²) in [6, 6.07) is 70.6. The molecule has 732 valence electrons. The lowest BCUT2D eigenvalue weighted by atomic mass is 9.92. The Hall–Kier alpha value is -12.8. The number of para-hydroxylation sites is 9. The highest BCUT2D eigenvalue weighted by Crippen LogP contribution is 2.35. The fourth-order valence-corrected chi connectivity index (χ4v) is 15.0. The molecule has 0 saturated carbocycles. The third-order valence-electron chi connectivity index (χ3n) is 21.8. The maximum Gasteiger partial charge on any atom is 0.137 e. The van der Waals surface area contributed by atoms with Crippen LogP contribution in [0.25, 0.3) is 98.1 Å². The summed E-state index contributed by atoms with van der Waals surface area (Å²) in [4.78, 5) is 65.2. The maximum absolute atomic E-state index is 4.65. The molecule has 0 spiro atoms. The van der Waals surface area contributed by atoms with Crippen molar-refractivity contribution in [3.05, 3.63) is 319 Å². The molecule has 20 heteroatoms. The Kier molecular flexibility index (Phi) is 35.7. The van der Waals surface area contributed by atoms with Crippen molar-refractivity contribution in [3.8, 4) is 0 Å². The van der Waals surface area contributed by atoms with Crippen LogP contribution in [0.4, 0.5) is 0 Å². The van der Waals surface area contributed by atoms with E-state index < -0.39 is 0 Å². The summed E-state index contributed by atoms with van der Waals surface area (Å²) in [5, 5.41) is 6.24. The Morgan fingerprint density at radius 3 is 1.06 bits per heavy atom. The molecule has 0 fully saturated rings. The molecule has 0 atom stereocenters. The normalized spacial score (nSPS) is 12.1. The molecular formula is C118H159N19S. The van der Waals surface area contributed by atoms with Gasteiger partial charge in [-0.2, -0.15) is 0 Å². The third kappa shape index (κ3) is 32.7. The molecule has 8 N–H and O–H groups in total. The van der Waals surface area contributed by atoms with Crippen LogP contribution in [0, 0.1) is 5.41 Å². The standard InChI is InChI=1S/C12H16N2.2C12H15N.5C11H14N2.C11H13NS.C8H14N2.C5H12.C3H4N2/c1-12(2,3)11-13-9-7-5-6-8-10(9)14(11)4;2*1-12(2,3)11-8-9-6-4-5-7-10(9)13-11;1-11(2,3)10-6-8-4-5-12-7-9(8)13-10;1-11(2,3)10-7-9-8(13-10)5-4-6-12-9;1-11(2,3)9-7-8-5-4-6-12-10(8)13-9;3*1-11(2,3)10-12-8-6-4-5-7-9(8)13-10;1-8(2,3)7-9-5-6-10(7)4;1-5(2,3)4;1-2-5-3-4-1/h5-8H,1-4H3;2*4-8,13H,1-3H3;2*4-7,13H,1-3H3;3*4-7H,1-3H3,(H,12,13);4-7H,1-3H3;5-6H,1-4H3;1-4H3;1-3H,(H,4,5). The highest BCUT2D eigenvalue weighted by molar-refractivity contribution is 7.18. The minimum absolute atomic E-state index is 0.0962. The van der Waals surface area contributed by atoms with Gasteiger partial charge in [-0.1, -0.05) is 320 Å². The van der Waals surface area contributed by atoms with Gasteiger partial charge in [0, 0.05) is 162 Å². The molecule has 0 radical (unpaired) electrons. The molecule has 138 heavy (non-hydrogen) atoms. The monoisotopic (exact) mass is 1870 g/mol. The van der Waals surface area contributed by atoms with Crippen molar-refractivity contribution in [1.29, 1.82) is 0 Å². The van der Waals surface area contributed by atoms with Gasteiger partial charge in [-0.05, 0) is 138 Å². The van der Waals surface area contributed by atoms with E-state index in [1.807, 2.05) is 111 Å². The van der Waals surface area contributed by atoms with Crippen LogP contribution in [0.15, 0.2) is 262 Å². The van der Waals surface area contributed by atoms with Gasteiger partial charge in [-0.25, -0.2) is 34.9 Å². The molecule has 0 aliphatic heterocycles. The number of benzene rings is 6. The zero-order chi connectivity index (χ0) is 102. The van der Waals surface area contributed by atoms with Crippen LogP contribution in [0.5, 0.6) is 0 Å². The molecule has 19 nitrogen and oxygen atoms in total. The summed E-state index contributed by atoms with van der Waals surface area (Å²) in [7, 11) is 4.10. The summed E-state index contributed by atoms with van der Waals surface area (Å²) in [6.45, 7) is 74.4. The van der Waals surface area contributed by atoms with E-state index in [2.05, 4.69) is 476 Å². The SMILES string of the molecule is CC(C)(C)C.CC(C)(C)c1cc2ccccc2[nH]1.CC(C)(C)c1cc2ccccc2[nH]1.CC(C)(C)c1cc2cccnc2[nH]1.CC(C)(C)c1cc2ccncc2[nH]1.CC(C)(C)c1cc2ncccc2[nH]1.CC(C)(C)c1nc2ccccc2[nH]1.CC(C)(C)c1nc2ccccc2[nH]1.CC(C)(C)c1nc2ccccc2s1.Cn1c(C(C)(C)C)nc2ccccc21.Cn1ccnc1C(C)(C)C.c1c[nH]cn1. The lowest BCUT2D eigenvalue weighted by molar-refractivity contribution is 0.469. The Bertz CT molecular complexity index is 5800. The van der Waals surface area contributed by atoms with Crippen molar-refractivity contribution in [3.63, 3.8) is 0 Å². The second-order valence-electron chi connectivity index (χ2n) is 47.2. The first-order valence-corrected chi connectivity index (χ1v) is 49.0. The third-order valence-corrected chi connectivity index (χ3v) is 23.3. The van der Waals surface area contributed by atoms with Crippen molar-refractivity contribution in [2.45, 2.75) is 290 Å². The molecule has 14 aromatic heterocycles. The highest BCUT2D eigenvalue weighted by atomic mass is 32.1. The van der Waals surface area contributed by atoms with Crippen LogP contribution in [0.3, 0.4) is 0 Å². The number of pyridine rings is 3. The van der Waals surface area contributed by atoms with Crippen LogP contribution in [0.1, 0.15) is 292 Å². The van der Waals surface area contributed by atoms with E-state index in [0.717, 1.165) is 78.6 Å². The average Bonchev–Trinajstić information content (AvgIpc) is 1.63. The Balaban J connectivity index is 0.000000170. The van der Waals surface area contributed by atoms with Gasteiger partial charge in [-0.3, -0.25) is 9.97 Å². The van der Waals surface area contributed by atoms with Gasteiger partial charge in [-0.15, -0.1) is 11.3 Å². The zero-order valence-corrected chi connectivity index (χ0v) is 90.5. The van der Waals surface area contributed by atoms with Gasteiger partial charge in [0.15, 0.2) is 0 Å².